The highest BCUT2D eigenvalue weighted by Crippen LogP contribution is 2.29. The van der Waals surface area contributed by atoms with Crippen molar-refractivity contribution in [3.63, 3.8) is 0 Å². The maximum absolute atomic E-state index is 12.8. The van der Waals surface area contributed by atoms with Crippen molar-refractivity contribution in [3.05, 3.63) is 156 Å². The number of nitrogens with one attached hydrogen (secondary N) is 2. The molecule has 0 fully saturated rings. The first kappa shape index (κ1) is 32.5. The Bertz CT molecular complexity index is 1890. The summed E-state index contributed by atoms with van der Waals surface area (Å²) < 4.78 is 11.8. The minimum atomic E-state index is -1.21. The molecule has 0 unspecified atom stereocenters. The molecular weight excluding hydrogens is 612 g/mol. The third-order valence-corrected chi connectivity index (χ3v) is 7.03. The summed E-state index contributed by atoms with van der Waals surface area (Å²) in [6, 6.07) is 28.9. The van der Waals surface area contributed by atoms with Gasteiger partial charge in [-0.3, -0.25) is 9.59 Å². The van der Waals surface area contributed by atoms with Crippen molar-refractivity contribution in [1.29, 1.82) is 0 Å². The molecule has 0 saturated heterocycles. The summed E-state index contributed by atoms with van der Waals surface area (Å²) >= 11 is 0. The molecule has 48 heavy (non-hydrogen) atoms. The molecule has 5 aromatic rings. The van der Waals surface area contributed by atoms with Crippen molar-refractivity contribution in [2.45, 2.75) is 0 Å². The second-order valence-electron chi connectivity index (χ2n) is 10.3. The monoisotopic (exact) mass is 640 g/mol. The topological polar surface area (TPSA) is 151 Å². The molecule has 5 aromatic carbocycles. The number of ether oxygens (including phenoxy) is 2. The van der Waals surface area contributed by atoms with Crippen LogP contribution in [0.2, 0.25) is 0 Å². The number of hydrogen-bond donors (Lipinski definition) is 4. The predicted molar refractivity (Wildman–Crippen MR) is 182 cm³/mol. The van der Waals surface area contributed by atoms with E-state index in [0.717, 1.165) is 0 Å². The SMILES string of the molecule is C=Cc1ccc(C(=O)O)c(C(=O)Nc2ccc(Oc3ccc(Oc4ccc(NC(=O)c5cc(C=C)ccc5C(=O)O)cc4)cc3)cc2)c1. The molecule has 0 aliphatic carbocycles. The Morgan fingerprint density at radius 3 is 1.08 bits per heavy atom. The summed E-state index contributed by atoms with van der Waals surface area (Å²) in [4.78, 5) is 48.8. The van der Waals surface area contributed by atoms with E-state index in [0.29, 0.717) is 45.5 Å². The van der Waals surface area contributed by atoms with E-state index < -0.39 is 23.8 Å². The Morgan fingerprint density at radius 2 is 0.792 bits per heavy atom. The van der Waals surface area contributed by atoms with Gasteiger partial charge < -0.3 is 30.3 Å². The van der Waals surface area contributed by atoms with Gasteiger partial charge in [0.2, 0.25) is 0 Å². The first-order chi connectivity index (χ1) is 23.1. The predicted octanol–water partition coefficient (Wildman–Crippen LogP) is 8.46. The van der Waals surface area contributed by atoms with E-state index >= 15 is 0 Å². The summed E-state index contributed by atoms with van der Waals surface area (Å²) in [5.41, 5.74) is 1.96. The average molecular weight is 641 g/mol. The lowest BCUT2D eigenvalue weighted by molar-refractivity contribution is 0.0683. The smallest absolute Gasteiger partial charge is 0.336 e. The van der Waals surface area contributed by atoms with Crippen LogP contribution in [0.3, 0.4) is 0 Å². The minimum Gasteiger partial charge on any atom is -0.478 e. The van der Waals surface area contributed by atoms with Crippen LogP contribution in [0, 0.1) is 0 Å². The highest BCUT2D eigenvalue weighted by Gasteiger charge is 2.18. The molecular formula is C38H28N2O8. The fourth-order valence-corrected chi connectivity index (χ4v) is 4.58. The number of carboxylic acid groups (broad SMARTS) is 2. The quantitative estimate of drug-likeness (QED) is 0.106. The molecule has 0 saturated carbocycles. The van der Waals surface area contributed by atoms with Crippen LogP contribution in [0.25, 0.3) is 12.2 Å². The normalized spacial score (nSPS) is 10.3. The van der Waals surface area contributed by atoms with Gasteiger partial charge in [-0.05, 0) is 108 Å². The molecule has 0 aromatic heterocycles. The van der Waals surface area contributed by atoms with Crippen LogP contribution in [0.1, 0.15) is 52.6 Å². The number of rotatable bonds is 12. The maximum Gasteiger partial charge on any atom is 0.336 e. The van der Waals surface area contributed by atoms with E-state index in [9.17, 15) is 29.4 Å². The van der Waals surface area contributed by atoms with Gasteiger partial charge in [-0.1, -0.05) is 37.4 Å². The largest absolute Gasteiger partial charge is 0.478 e. The Morgan fingerprint density at radius 1 is 0.479 bits per heavy atom. The van der Waals surface area contributed by atoms with Gasteiger partial charge >= 0.3 is 11.9 Å². The molecule has 0 spiro atoms. The van der Waals surface area contributed by atoms with Gasteiger partial charge in [0, 0.05) is 11.4 Å². The molecule has 2 amide bonds. The summed E-state index contributed by atoms with van der Waals surface area (Å²) in [7, 11) is 0. The second kappa shape index (κ2) is 14.4. The van der Waals surface area contributed by atoms with Gasteiger partial charge in [0.05, 0.1) is 22.3 Å². The van der Waals surface area contributed by atoms with Gasteiger partial charge in [-0.2, -0.15) is 0 Å². The number of benzene rings is 5. The van der Waals surface area contributed by atoms with Crippen molar-refractivity contribution >= 4 is 47.3 Å². The summed E-state index contributed by atoms with van der Waals surface area (Å²) in [6.45, 7) is 7.32. The number of anilines is 2. The van der Waals surface area contributed by atoms with Gasteiger partial charge in [0.1, 0.15) is 23.0 Å². The fourth-order valence-electron chi connectivity index (χ4n) is 4.58. The van der Waals surface area contributed by atoms with Gasteiger partial charge in [0.25, 0.3) is 11.8 Å². The van der Waals surface area contributed by atoms with Crippen LogP contribution in [0.15, 0.2) is 122 Å². The Balaban J connectivity index is 1.17. The minimum absolute atomic E-state index is 0.0203. The van der Waals surface area contributed by atoms with Crippen LogP contribution in [-0.4, -0.2) is 34.0 Å². The third-order valence-electron chi connectivity index (χ3n) is 7.03. The van der Waals surface area contributed by atoms with Gasteiger partial charge in [0.15, 0.2) is 0 Å². The Kier molecular flexibility index (Phi) is 9.76. The fraction of sp³-hybridized carbons (Fsp3) is 0. The highest BCUT2D eigenvalue weighted by molar-refractivity contribution is 6.12. The zero-order valence-corrected chi connectivity index (χ0v) is 25.3. The molecule has 0 aliphatic rings. The number of carbonyl (C=O) groups excluding carboxylic acids is 2. The zero-order chi connectivity index (χ0) is 34.2. The standard InChI is InChI=1S/C38H28N2O8/c1-3-23-5-19-31(37(43)44)33(21-23)35(41)39-25-7-11-27(12-8-25)47-29-15-17-30(18-16-29)48-28-13-9-26(10-14-28)40-36(42)34-22-24(4-2)6-20-32(34)38(45)46/h3-22H,1-2H2,(H,39,41)(H,40,42)(H,43,44)(H,45,46). The van der Waals surface area contributed by atoms with Gasteiger partial charge in [-0.25, -0.2) is 9.59 Å². The lowest BCUT2D eigenvalue weighted by atomic mass is 10.0. The number of carbonyl (C=O) groups is 4. The van der Waals surface area contributed by atoms with Crippen molar-refractivity contribution in [2.75, 3.05) is 10.6 Å². The van der Waals surface area contributed by atoms with Crippen molar-refractivity contribution in [2.24, 2.45) is 0 Å². The van der Waals surface area contributed by atoms with Crippen LogP contribution in [0.5, 0.6) is 23.0 Å². The van der Waals surface area contributed by atoms with Crippen molar-refractivity contribution < 1.29 is 38.9 Å². The maximum atomic E-state index is 12.8. The van der Waals surface area contributed by atoms with E-state index in [1.165, 1.54) is 36.4 Å². The molecule has 238 valence electrons. The molecule has 0 heterocycles. The Hall–Kier alpha value is -6.94. The lowest BCUT2D eigenvalue weighted by Crippen LogP contribution is -2.16. The number of carboxylic acids is 2. The van der Waals surface area contributed by atoms with E-state index in [-0.39, 0.29) is 22.3 Å². The molecule has 4 N–H and O–H groups in total. The number of hydrogen-bond acceptors (Lipinski definition) is 6. The van der Waals surface area contributed by atoms with E-state index in [1.54, 1.807) is 84.9 Å². The van der Waals surface area contributed by atoms with Gasteiger partial charge in [-0.15, -0.1) is 0 Å². The van der Waals surface area contributed by atoms with E-state index in [2.05, 4.69) is 23.8 Å². The van der Waals surface area contributed by atoms with E-state index in [4.69, 9.17) is 9.47 Å². The highest BCUT2D eigenvalue weighted by atomic mass is 16.5. The molecule has 10 heteroatoms. The molecule has 0 radical (unpaired) electrons. The number of aromatic carboxylic acids is 2. The molecule has 10 nitrogen and oxygen atoms in total. The molecule has 0 atom stereocenters. The van der Waals surface area contributed by atoms with Crippen LogP contribution in [0.4, 0.5) is 11.4 Å². The molecule has 5 rings (SSSR count). The zero-order valence-electron chi connectivity index (χ0n) is 25.3. The number of amides is 2. The molecule has 0 bridgehead atoms. The first-order valence-electron chi connectivity index (χ1n) is 14.4. The van der Waals surface area contributed by atoms with E-state index in [1.807, 2.05) is 0 Å². The summed E-state index contributed by atoms with van der Waals surface area (Å²) in [6.07, 6.45) is 3.06. The average Bonchev–Trinajstić information content (AvgIpc) is 3.10. The first-order valence-corrected chi connectivity index (χ1v) is 14.4. The van der Waals surface area contributed by atoms with Crippen LogP contribution >= 0.6 is 0 Å². The molecule has 0 aliphatic heterocycles. The van der Waals surface area contributed by atoms with Crippen LogP contribution < -0.4 is 20.1 Å². The second-order valence-corrected chi connectivity index (χ2v) is 10.3. The summed E-state index contributed by atoms with van der Waals surface area (Å²) in [5.74, 6) is -1.47. The third kappa shape index (κ3) is 7.82. The summed E-state index contributed by atoms with van der Waals surface area (Å²) in [5, 5.41) is 24.3. The van der Waals surface area contributed by atoms with Crippen molar-refractivity contribution in [3.8, 4) is 23.0 Å². The van der Waals surface area contributed by atoms with Crippen LogP contribution in [-0.2, 0) is 0 Å². The van der Waals surface area contributed by atoms with Crippen molar-refractivity contribution in [1.82, 2.24) is 0 Å². The lowest BCUT2D eigenvalue weighted by Gasteiger charge is -2.11. The Labute approximate surface area is 275 Å².